The number of methoxy groups -OCH3 is 2. The van der Waals surface area contributed by atoms with E-state index < -0.39 is 0 Å². The number of hydrogen-bond donors (Lipinski definition) is 1. The van der Waals surface area contributed by atoms with Gasteiger partial charge in [0.25, 0.3) is 5.91 Å². The van der Waals surface area contributed by atoms with Crippen molar-refractivity contribution in [3.8, 4) is 11.5 Å². The first-order valence-corrected chi connectivity index (χ1v) is 10.1. The summed E-state index contributed by atoms with van der Waals surface area (Å²) in [5.41, 5.74) is 2.05. The smallest absolute Gasteiger partial charge is 0.267 e. The summed E-state index contributed by atoms with van der Waals surface area (Å²) in [6.45, 7) is 3.62. The summed E-state index contributed by atoms with van der Waals surface area (Å²) in [6, 6.07) is 14.8. The Kier molecular flexibility index (Phi) is 6.68. The Labute approximate surface area is 179 Å². The van der Waals surface area contributed by atoms with E-state index in [0.717, 1.165) is 5.56 Å². The van der Waals surface area contributed by atoms with Gasteiger partial charge in [-0.1, -0.05) is 41.7 Å². The number of thiazole rings is 1. The largest absolute Gasteiger partial charge is 0.497 e. The van der Waals surface area contributed by atoms with E-state index in [1.165, 1.54) is 25.4 Å². The highest BCUT2D eigenvalue weighted by Gasteiger charge is 2.22. The number of rotatable bonds is 7. The topological polar surface area (TPSA) is 80.8 Å². The van der Waals surface area contributed by atoms with Crippen LogP contribution in [0, 0.1) is 6.92 Å². The number of nitrogens with zero attached hydrogens (tertiary/aromatic N) is 2. The molecule has 3 rings (SSSR count). The van der Waals surface area contributed by atoms with Crippen LogP contribution in [0.1, 0.15) is 27.9 Å². The molecule has 30 heavy (non-hydrogen) atoms. The van der Waals surface area contributed by atoms with E-state index in [-0.39, 0.29) is 11.8 Å². The Balaban J connectivity index is 1.84. The normalized spacial score (nSPS) is 10.4. The highest BCUT2D eigenvalue weighted by atomic mass is 32.1. The van der Waals surface area contributed by atoms with E-state index in [2.05, 4.69) is 10.3 Å². The molecular formula is C22H23N3O4S. The van der Waals surface area contributed by atoms with Gasteiger partial charge < -0.3 is 14.8 Å². The van der Waals surface area contributed by atoms with Gasteiger partial charge in [-0.25, -0.2) is 4.98 Å². The van der Waals surface area contributed by atoms with Crippen LogP contribution in [0.15, 0.2) is 48.5 Å². The number of aromatic nitrogens is 1. The van der Waals surface area contributed by atoms with Crippen molar-refractivity contribution in [3.63, 3.8) is 0 Å². The summed E-state index contributed by atoms with van der Waals surface area (Å²) in [5.74, 6) is 0.651. The van der Waals surface area contributed by atoms with Crippen LogP contribution in [0.3, 0.4) is 0 Å². The lowest BCUT2D eigenvalue weighted by atomic mass is 10.2. The SMILES string of the molecule is COc1ccc(NC(=O)c2sc(N(Cc3ccccc3)C(C)=O)nc2C)c(OC)c1. The fourth-order valence-corrected chi connectivity index (χ4v) is 3.87. The maximum Gasteiger partial charge on any atom is 0.267 e. The number of aryl methyl sites for hydroxylation is 1. The average Bonchev–Trinajstić information content (AvgIpc) is 3.14. The highest BCUT2D eigenvalue weighted by Crippen LogP contribution is 2.32. The van der Waals surface area contributed by atoms with Crippen molar-refractivity contribution in [3.05, 3.63) is 64.7 Å². The minimum Gasteiger partial charge on any atom is -0.497 e. The molecule has 0 spiro atoms. The van der Waals surface area contributed by atoms with Gasteiger partial charge in [-0.05, 0) is 24.6 Å². The third-order valence-corrected chi connectivity index (χ3v) is 5.62. The number of anilines is 2. The van der Waals surface area contributed by atoms with Crippen LogP contribution >= 0.6 is 11.3 Å². The molecule has 1 heterocycles. The first kappa shape index (κ1) is 21.3. The molecule has 0 radical (unpaired) electrons. The Hall–Kier alpha value is -3.39. The first-order chi connectivity index (χ1) is 14.4. The molecule has 0 unspecified atom stereocenters. The lowest BCUT2D eigenvalue weighted by molar-refractivity contribution is -0.116. The van der Waals surface area contributed by atoms with Gasteiger partial charge in [-0.15, -0.1) is 0 Å². The van der Waals surface area contributed by atoms with Gasteiger partial charge in [0.05, 0.1) is 32.1 Å². The lowest BCUT2D eigenvalue weighted by Crippen LogP contribution is -2.27. The lowest BCUT2D eigenvalue weighted by Gasteiger charge is -2.17. The van der Waals surface area contributed by atoms with Crippen molar-refractivity contribution in [1.82, 2.24) is 4.98 Å². The van der Waals surface area contributed by atoms with E-state index in [4.69, 9.17) is 9.47 Å². The summed E-state index contributed by atoms with van der Waals surface area (Å²) < 4.78 is 10.5. The fraction of sp³-hybridized carbons (Fsp3) is 0.227. The number of carbonyl (C=O) groups excluding carboxylic acids is 2. The maximum absolute atomic E-state index is 12.9. The Morgan fingerprint density at radius 3 is 2.47 bits per heavy atom. The molecule has 1 aromatic heterocycles. The van der Waals surface area contributed by atoms with Crippen molar-refractivity contribution in [2.75, 3.05) is 24.4 Å². The van der Waals surface area contributed by atoms with Crippen molar-refractivity contribution in [2.24, 2.45) is 0 Å². The average molecular weight is 426 g/mol. The van der Waals surface area contributed by atoms with Crippen molar-refractivity contribution >= 4 is 34.0 Å². The molecule has 156 valence electrons. The minimum absolute atomic E-state index is 0.142. The highest BCUT2D eigenvalue weighted by molar-refractivity contribution is 7.17. The van der Waals surface area contributed by atoms with Gasteiger partial charge in [0.1, 0.15) is 16.4 Å². The Morgan fingerprint density at radius 1 is 1.10 bits per heavy atom. The predicted octanol–water partition coefficient (Wildman–Crippen LogP) is 4.27. The van der Waals surface area contributed by atoms with E-state index in [9.17, 15) is 9.59 Å². The van der Waals surface area contributed by atoms with Crippen LogP contribution in [-0.2, 0) is 11.3 Å². The summed E-state index contributed by atoms with van der Waals surface area (Å²) in [6.07, 6.45) is 0. The van der Waals surface area contributed by atoms with Crippen molar-refractivity contribution < 1.29 is 19.1 Å². The van der Waals surface area contributed by atoms with Gasteiger partial charge in [0.15, 0.2) is 5.13 Å². The van der Waals surface area contributed by atoms with Gasteiger partial charge in [-0.3, -0.25) is 14.5 Å². The minimum atomic E-state index is -0.317. The molecule has 0 aliphatic carbocycles. The molecule has 0 aliphatic heterocycles. The van der Waals surface area contributed by atoms with Crippen LogP contribution in [-0.4, -0.2) is 31.0 Å². The first-order valence-electron chi connectivity index (χ1n) is 9.25. The zero-order valence-electron chi connectivity index (χ0n) is 17.3. The Morgan fingerprint density at radius 2 is 1.83 bits per heavy atom. The van der Waals surface area contributed by atoms with Gasteiger partial charge in [0.2, 0.25) is 5.91 Å². The van der Waals surface area contributed by atoms with E-state index in [1.54, 1.807) is 37.1 Å². The summed E-state index contributed by atoms with van der Waals surface area (Å²) in [5, 5.41) is 3.33. The van der Waals surface area contributed by atoms with E-state index >= 15 is 0 Å². The third-order valence-electron chi connectivity index (χ3n) is 4.44. The van der Waals surface area contributed by atoms with Crippen molar-refractivity contribution in [2.45, 2.75) is 20.4 Å². The molecule has 2 amide bonds. The second kappa shape index (κ2) is 9.41. The molecule has 0 aliphatic rings. The van der Waals surface area contributed by atoms with Crippen LogP contribution < -0.4 is 19.7 Å². The molecule has 1 N–H and O–H groups in total. The summed E-state index contributed by atoms with van der Waals surface area (Å²) in [7, 11) is 3.08. The van der Waals surface area contributed by atoms with Crippen LogP contribution in [0.25, 0.3) is 0 Å². The van der Waals surface area contributed by atoms with E-state index in [1.807, 2.05) is 30.3 Å². The molecular weight excluding hydrogens is 402 g/mol. The molecule has 0 fully saturated rings. The second-order valence-electron chi connectivity index (χ2n) is 6.52. The number of hydrogen-bond acceptors (Lipinski definition) is 6. The summed E-state index contributed by atoms with van der Waals surface area (Å²) >= 11 is 1.18. The molecule has 0 bridgehead atoms. The van der Waals surface area contributed by atoms with Crippen LogP contribution in [0.2, 0.25) is 0 Å². The standard InChI is InChI=1S/C22H23N3O4S/c1-14-20(21(27)24-18-11-10-17(28-3)12-19(18)29-4)30-22(23-14)25(15(2)26)13-16-8-6-5-7-9-16/h5-12H,13H2,1-4H3,(H,24,27). The number of carbonyl (C=O) groups is 2. The number of ether oxygens (including phenoxy) is 2. The quantitative estimate of drug-likeness (QED) is 0.611. The van der Waals surface area contributed by atoms with Crippen LogP contribution in [0.4, 0.5) is 10.8 Å². The molecule has 0 saturated carbocycles. The third kappa shape index (κ3) is 4.77. The predicted molar refractivity (Wildman–Crippen MR) is 118 cm³/mol. The molecule has 3 aromatic rings. The second-order valence-corrected chi connectivity index (χ2v) is 7.50. The van der Waals surface area contributed by atoms with Crippen molar-refractivity contribution in [1.29, 1.82) is 0 Å². The molecule has 7 nitrogen and oxygen atoms in total. The summed E-state index contributed by atoms with van der Waals surface area (Å²) in [4.78, 5) is 31.6. The molecule has 0 saturated heterocycles. The molecule has 8 heteroatoms. The number of amides is 2. The zero-order valence-corrected chi connectivity index (χ0v) is 18.1. The number of benzene rings is 2. The number of nitrogens with one attached hydrogen (secondary N) is 1. The Bertz CT molecular complexity index is 1050. The fourth-order valence-electron chi connectivity index (χ4n) is 2.87. The van der Waals surface area contributed by atoms with Gasteiger partial charge >= 0.3 is 0 Å². The van der Waals surface area contributed by atoms with Gasteiger partial charge in [0, 0.05) is 13.0 Å². The van der Waals surface area contributed by atoms with E-state index in [0.29, 0.717) is 39.4 Å². The molecule has 0 atom stereocenters. The maximum atomic E-state index is 12.9. The van der Waals surface area contributed by atoms with Gasteiger partial charge in [-0.2, -0.15) is 0 Å². The van der Waals surface area contributed by atoms with Crippen LogP contribution in [0.5, 0.6) is 11.5 Å². The zero-order chi connectivity index (χ0) is 21.7. The molecule has 2 aromatic carbocycles. The monoisotopic (exact) mass is 425 g/mol.